The number of alkyl halides is 6. The Bertz CT molecular complexity index is 1560. The zero-order chi connectivity index (χ0) is 27.2. The molecule has 2 aromatic heterocycles. The van der Waals surface area contributed by atoms with Gasteiger partial charge in [0.05, 0.1) is 0 Å². The maximum atomic E-state index is 15.4. The zero-order valence-corrected chi connectivity index (χ0v) is 19.9. The largest absolute Gasteiger partial charge is 0.461 e. The number of rotatable bonds is 4. The van der Waals surface area contributed by atoms with Crippen LogP contribution in [0.15, 0.2) is 45.2 Å². The minimum atomic E-state index is -5.78. The molecule has 0 aliphatic heterocycles. The molecule has 4 nitrogen and oxygen atoms in total. The van der Waals surface area contributed by atoms with Crippen molar-refractivity contribution in [3.63, 3.8) is 0 Å². The van der Waals surface area contributed by atoms with Crippen molar-refractivity contribution in [1.29, 1.82) is 0 Å². The van der Waals surface area contributed by atoms with Crippen LogP contribution in [0, 0.1) is 13.8 Å². The molecule has 192 valence electrons. The van der Waals surface area contributed by atoms with Gasteiger partial charge in [0.2, 0.25) is 0 Å². The van der Waals surface area contributed by atoms with E-state index in [1.54, 1.807) is 0 Å². The Morgan fingerprint density at radius 2 is 1.00 bits per heavy atom. The van der Waals surface area contributed by atoms with Gasteiger partial charge >= 0.3 is 17.8 Å². The lowest BCUT2D eigenvalue weighted by Crippen LogP contribution is -2.49. The molecule has 5 rings (SSSR count). The minimum absolute atomic E-state index is 0.0961. The van der Waals surface area contributed by atoms with Gasteiger partial charge in [0, 0.05) is 44.2 Å². The number of carbonyl (C=O) groups is 2. The van der Waals surface area contributed by atoms with Crippen molar-refractivity contribution >= 4 is 44.7 Å². The summed E-state index contributed by atoms with van der Waals surface area (Å²) in [4.78, 5) is 23.5. The van der Waals surface area contributed by atoms with Crippen LogP contribution in [0.25, 0.3) is 33.1 Å². The second-order valence-corrected chi connectivity index (χ2v) is 9.07. The SMILES string of the molecule is CC(=O)c1ccc2c(C3=C(c4c(C)oc5cc(C(C)=O)ccc45)C(F)(F)C(F)(F)C3(F)F)c(C)oc2c1. The van der Waals surface area contributed by atoms with Gasteiger partial charge in [-0.2, -0.15) is 26.3 Å². The highest BCUT2D eigenvalue weighted by molar-refractivity contribution is 6.12. The Morgan fingerprint density at radius 3 is 1.32 bits per heavy atom. The van der Waals surface area contributed by atoms with E-state index in [2.05, 4.69) is 0 Å². The third-order valence-electron chi connectivity index (χ3n) is 6.71. The molecule has 0 atom stereocenters. The average Bonchev–Trinajstić information content (AvgIpc) is 3.33. The topological polar surface area (TPSA) is 60.4 Å². The summed E-state index contributed by atoms with van der Waals surface area (Å²) >= 11 is 0. The Morgan fingerprint density at radius 1 is 0.649 bits per heavy atom. The molecule has 1 aliphatic rings. The lowest BCUT2D eigenvalue weighted by Gasteiger charge is -2.25. The highest BCUT2D eigenvalue weighted by Gasteiger charge is 2.80. The van der Waals surface area contributed by atoms with E-state index in [1.807, 2.05) is 0 Å². The van der Waals surface area contributed by atoms with Crippen LogP contribution in [0.3, 0.4) is 0 Å². The van der Waals surface area contributed by atoms with Crippen molar-refractivity contribution in [1.82, 2.24) is 0 Å². The van der Waals surface area contributed by atoms with E-state index in [0.717, 1.165) is 0 Å². The fraction of sp³-hybridized carbons (Fsp3) is 0.259. The van der Waals surface area contributed by atoms with Crippen LogP contribution in [-0.2, 0) is 0 Å². The van der Waals surface area contributed by atoms with Crippen molar-refractivity contribution in [2.45, 2.75) is 45.5 Å². The lowest BCUT2D eigenvalue weighted by atomic mass is 9.91. The number of halogens is 6. The maximum absolute atomic E-state index is 15.4. The van der Waals surface area contributed by atoms with Crippen LogP contribution >= 0.6 is 0 Å². The van der Waals surface area contributed by atoms with Crippen LogP contribution in [0.5, 0.6) is 0 Å². The summed E-state index contributed by atoms with van der Waals surface area (Å²) in [5.41, 5.74) is -4.27. The van der Waals surface area contributed by atoms with Gasteiger partial charge in [0.1, 0.15) is 22.7 Å². The van der Waals surface area contributed by atoms with Gasteiger partial charge in [-0.05, 0) is 52.0 Å². The Balaban J connectivity index is 1.93. The quantitative estimate of drug-likeness (QED) is 0.202. The summed E-state index contributed by atoms with van der Waals surface area (Å²) in [6, 6.07) is 7.42. The smallest absolute Gasteiger partial charge is 0.380 e. The number of fused-ring (bicyclic) bond motifs is 2. The predicted octanol–water partition coefficient (Wildman–Crippen LogP) is 8.03. The van der Waals surface area contributed by atoms with Gasteiger partial charge in [0.25, 0.3) is 0 Å². The second kappa shape index (κ2) is 7.60. The molecule has 37 heavy (non-hydrogen) atoms. The average molecular weight is 520 g/mol. The normalized spacial score (nSPS) is 18.2. The van der Waals surface area contributed by atoms with Crippen molar-refractivity contribution in [3.8, 4) is 0 Å². The van der Waals surface area contributed by atoms with Gasteiger partial charge in [-0.3, -0.25) is 9.59 Å². The first-order chi connectivity index (χ1) is 17.1. The minimum Gasteiger partial charge on any atom is -0.461 e. The van der Waals surface area contributed by atoms with Crippen molar-refractivity contribution in [2.24, 2.45) is 0 Å². The number of aryl methyl sites for hydroxylation is 2. The summed E-state index contributed by atoms with van der Waals surface area (Å²) in [6.45, 7) is 4.90. The second-order valence-electron chi connectivity index (χ2n) is 9.07. The monoisotopic (exact) mass is 520 g/mol. The number of hydrogen-bond donors (Lipinski definition) is 0. The molecule has 0 unspecified atom stereocenters. The van der Waals surface area contributed by atoms with Gasteiger partial charge in [-0.1, -0.05) is 12.1 Å². The molecule has 0 spiro atoms. The number of allylic oxidation sites excluding steroid dienone is 2. The van der Waals surface area contributed by atoms with Crippen molar-refractivity contribution < 1.29 is 44.8 Å². The maximum Gasteiger partial charge on any atom is 0.380 e. The standard InChI is InChI=1S/C27H18F6O4/c1-11(34)15-5-7-17-19(9-15)36-13(3)21(17)23-24(26(30,31)27(32,33)25(23,28)29)22-14(4)37-20-10-16(12(2)35)6-8-18(20)22/h5-10H,1-4H3. The van der Waals surface area contributed by atoms with E-state index in [1.165, 1.54) is 64.1 Å². The number of benzene rings is 2. The third kappa shape index (κ3) is 3.17. The van der Waals surface area contributed by atoms with Gasteiger partial charge in [0.15, 0.2) is 11.6 Å². The molecule has 10 heteroatoms. The summed E-state index contributed by atoms with van der Waals surface area (Å²) in [6.07, 6.45) is 0. The van der Waals surface area contributed by atoms with Crippen LogP contribution in [0.4, 0.5) is 26.3 Å². The molecule has 4 aromatic rings. The zero-order valence-electron chi connectivity index (χ0n) is 19.9. The Kier molecular flexibility index (Phi) is 5.10. The number of hydrogen-bond acceptors (Lipinski definition) is 4. The molecule has 2 heterocycles. The van der Waals surface area contributed by atoms with E-state index >= 15 is 17.6 Å². The molecule has 0 radical (unpaired) electrons. The van der Waals surface area contributed by atoms with Crippen LogP contribution < -0.4 is 0 Å². The number of Topliss-reactive ketones (excluding diaryl/α,β-unsaturated/α-hetero) is 2. The molecule has 0 fully saturated rings. The summed E-state index contributed by atoms with van der Waals surface area (Å²) in [5, 5.41) is -0.264. The molecule has 0 bridgehead atoms. The van der Waals surface area contributed by atoms with Gasteiger partial charge < -0.3 is 8.83 Å². The van der Waals surface area contributed by atoms with Gasteiger partial charge in [-0.15, -0.1) is 0 Å². The molecule has 1 aliphatic carbocycles. The van der Waals surface area contributed by atoms with Crippen LogP contribution in [0.1, 0.15) is 57.2 Å². The molecule has 0 amide bonds. The first-order valence-corrected chi connectivity index (χ1v) is 11.1. The third-order valence-corrected chi connectivity index (χ3v) is 6.71. The van der Waals surface area contributed by atoms with E-state index < -0.39 is 40.0 Å². The number of furan rings is 2. The summed E-state index contributed by atoms with van der Waals surface area (Å²) in [5.74, 6) is -17.7. The van der Waals surface area contributed by atoms with E-state index in [-0.39, 0.29) is 56.2 Å². The highest BCUT2D eigenvalue weighted by Crippen LogP contribution is 2.66. The van der Waals surface area contributed by atoms with Crippen molar-refractivity contribution in [2.75, 3.05) is 0 Å². The summed E-state index contributed by atoms with van der Waals surface area (Å²) in [7, 11) is 0. The molecule has 0 saturated heterocycles. The fourth-order valence-electron chi connectivity index (χ4n) is 4.89. The molecular formula is C27H18F6O4. The number of carbonyl (C=O) groups excluding carboxylic acids is 2. The van der Waals surface area contributed by atoms with Crippen LogP contribution in [-0.4, -0.2) is 29.3 Å². The predicted molar refractivity (Wildman–Crippen MR) is 124 cm³/mol. The van der Waals surface area contributed by atoms with Crippen LogP contribution in [0.2, 0.25) is 0 Å². The molecule has 2 aromatic carbocycles. The molecule has 0 saturated carbocycles. The molecule has 0 N–H and O–H groups in total. The Labute approximate surface area is 205 Å². The first-order valence-electron chi connectivity index (χ1n) is 11.1. The first kappa shape index (κ1) is 24.9. The highest BCUT2D eigenvalue weighted by atomic mass is 19.3. The van der Waals surface area contributed by atoms with E-state index in [4.69, 9.17) is 8.83 Å². The number of ketones is 2. The van der Waals surface area contributed by atoms with Crippen molar-refractivity contribution in [3.05, 3.63) is 70.2 Å². The molecular weight excluding hydrogens is 502 g/mol. The Hall–Kier alpha value is -3.82. The van der Waals surface area contributed by atoms with Gasteiger partial charge in [-0.25, -0.2) is 0 Å². The van der Waals surface area contributed by atoms with E-state index in [0.29, 0.717) is 0 Å². The summed E-state index contributed by atoms with van der Waals surface area (Å²) < 4.78 is 103. The fourth-order valence-corrected chi connectivity index (χ4v) is 4.89. The van der Waals surface area contributed by atoms with E-state index in [9.17, 15) is 18.4 Å². The lowest BCUT2D eigenvalue weighted by molar-refractivity contribution is -0.254.